The summed E-state index contributed by atoms with van der Waals surface area (Å²) in [7, 11) is 0. The fourth-order valence-electron chi connectivity index (χ4n) is 1.81. The molecule has 0 aromatic carbocycles. The monoisotopic (exact) mass is 288 g/mol. The van der Waals surface area contributed by atoms with Crippen LogP contribution in [-0.2, 0) is 0 Å². The number of carbonyl (C=O) groups excluding carboxylic acids is 1. The standard InChI is InChI=1S/C13H9ClN4O2/c1-8-6-10(17-20-8)12-9(7-19)13(14)18(16-12)11-4-2-3-5-15-11/h2-7H,1H3. The van der Waals surface area contributed by atoms with Crippen molar-refractivity contribution in [2.24, 2.45) is 0 Å². The molecule has 3 rings (SSSR count). The molecular weight excluding hydrogens is 280 g/mol. The number of aldehydes is 1. The summed E-state index contributed by atoms with van der Waals surface area (Å²) in [5.74, 6) is 1.15. The molecule has 0 radical (unpaired) electrons. The molecular formula is C13H9ClN4O2. The van der Waals surface area contributed by atoms with Gasteiger partial charge in [0.15, 0.2) is 12.1 Å². The summed E-state index contributed by atoms with van der Waals surface area (Å²) in [6.07, 6.45) is 2.27. The van der Waals surface area contributed by atoms with Crippen LogP contribution in [0.2, 0.25) is 5.15 Å². The zero-order chi connectivity index (χ0) is 14.1. The summed E-state index contributed by atoms with van der Waals surface area (Å²) in [5.41, 5.74) is 1.08. The van der Waals surface area contributed by atoms with Crippen molar-refractivity contribution in [2.75, 3.05) is 0 Å². The maximum absolute atomic E-state index is 11.3. The molecule has 3 aromatic rings. The largest absolute Gasteiger partial charge is 0.361 e. The molecule has 0 unspecified atom stereocenters. The van der Waals surface area contributed by atoms with Gasteiger partial charge < -0.3 is 4.52 Å². The van der Waals surface area contributed by atoms with Crippen molar-refractivity contribution in [3.63, 3.8) is 0 Å². The van der Waals surface area contributed by atoms with E-state index >= 15 is 0 Å². The highest BCUT2D eigenvalue weighted by Crippen LogP contribution is 2.28. The van der Waals surface area contributed by atoms with Crippen LogP contribution in [0.3, 0.4) is 0 Å². The summed E-state index contributed by atoms with van der Waals surface area (Å²) in [5, 5.41) is 8.35. The van der Waals surface area contributed by atoms with Gasteiger partial charge in [-0.3, -0.25) is 4.79 Å². The molecule has 3 aromatic heterocycles. The Balaban J connectivity index is 2.20. The van der Waals surface area contributed by atoms with E-state index in [9.17, 15) is 4.79 Å². The molecule has 100 valence electrons. The van der Waals surface area contributed by atoms with Crippen molar-refractivity contribution >= 4 is 17.9 Å². The van der Waals surface area contributed by atoms with Crippen molar-refractivity contribution in [3.8, 4) is 17.2 Å². The Morgan fingerprint density at radius 1 is 1.40 bits per heavy atom. The summed E-state index contributed by atoms with van der Waals surface area (Å²) < 4.78 is 6.39. The fourth-order valence-corrected chi connectivity index (χ4v) is 2.07. The highest BCUT2D eigenvalue weighted by molar-refractivity contribution is 6.32. The molecule has 0 saturated heterocycles. The Labute approximate surface area is 119 Å². The maximum atomic E-state index is 11.3. The molecule has 6 nitrogen and oxygen atoms in total. The summed E-state index contributed by atoms with van der Waals surface area (Å²) >= 11 is 6.19. The zero-order valence-electron chi connectivity index (χ0n) is 10.4. The van der Waals surface area contributed by atoms with Crippen LogP contribution in [-0.4, -0.2) is 26.2 Å². The van der Waals surface area contributed by atoms with E-state index in [-0.39, 0.29) is 10.7 Å². The molecule has 0 bridgehead atoms. The van der Waals surface area contributed by atoms with E-state index in [0.717, 1.165) is 0 Å². The van der Waals surface area contributed by atoms with E-state index in [1.165, 1.54) is 4.68 Å². The normalized spacial score (nSPS) is 10.7. The van der Waals surface area contributed by atoms with Gasteiger partial charge in [-0.1, -0.05) is 22.8 Å². The molecule has 0 atom stereocenters. The second-order valence-corrected chi connectivity index (χ2v) is 4.45. The number of rotatable bonds is 3. The SMILES string of the molecule is Cc1cc(-c2nn(-c3ccccn3)c(Cl)c2C=O)no1. The third kappa shape index (κ3) is 2.00. The van der Waals surface area contributed by atoms with E-state index in [4.69, 9.17) is 16.1 Å². The van der Waals surface area contributed by atoms with Crippen LogP contribution in [0.1, 0.15) is 16.1 Å². The van der Waals surface area contributed by atoms with Crippen LogP contribution >= 0.6 is 11.6 Å². The minimum atomic E-state index is 0.189. The molecule has 0 N–H and O–H groups in total. The Morgan fingerprint density at radius 2 is 2.25 bits per heavy atom. The second-order valence-electron chi connectivity index (χ2n) is 4.09. The summed E-state index contributed by atoms with van der Waals surface area (Å²) in [6, 6.07) is 7.02. The first kappa shape index (κ1) is 12.6. The van der Waals surface area contributed by atoms with Gasteiger partial charge in [0, 0.05) is 12.3 Å². The number of hydrogen-bond acceptors (Lipinski definition) is 5. The number of hydrogen-bond donors (Lipinski definition) is 0. The lowest BCUT2D eigenvalue weighted by molar-refractivity contribution is 0.112. The minimum absolute atomic E-state index is 0.189. The van der Waals surface area contributed by atoms with Crippen molar-refractivity contribution in [1.29, 1.82) is 0 Å². The lowest BCUT2D eigenvalue weighted by atomic mass is 10.2. The third-order valence-corrected chi connectivity index (χ3v) is 3.08. The van der Waals surface area contributed by atoms with E-state index < -0.39 is 0 Å². The number of aromatic nitrogens is 4. The average molecular weight is 289 g/mol. The topological polar surface area (TPSA) is 73.8 Å². The highest BCUT2D eigenvalue weighted by atomic mass is 35.5. The first-order chi connectivity index (χ1) is 9.70. The van der Waals surface area contributed by atoms with Gasteiger partial charge in [-0.05, 0) is 19.1 Å². The molecule has 0 saturated carbocycles. The van der Waals surface area contributed by atoms with Crippen LogP contribution in [0, 0.1) is 6.92 Å². The van der Waals surface area contributed by atoms with Crippen LogP contribution in [0.15, 0.2) is 35.0 Å². The lowest BCUT2D eigenvalue weighted by Gasteiger charge is -1.99. The predicted octanol–water partition coefficient (Wildman–Crippen LogP) is 2.70. The van der Waals surface area contributed by atoms with Gasteiger partial charge >= 0.3 is 0 Å². The number of pyridine rings is 1. The van der Waals surface area contributed by atoms with Crippen molar-refractivity contribution in [1.82, 2.24) is 19.9 Å². The number of halogens is 1. The molecule has 20 heavy (non-hydrogen) atoms. The second kappa shape index (κ2) is 4.90. The molecule has 0 amide bonds. The van der Waals surface area contributed by atoms with Gasteiger partial charge in [0.2, 0.25) is 0 Å². The maximum Gasteiger partial charge on any atom is 0.155 e. The van der Waals surface area contributed by atoms with E-state index in [1.54, 1.807) is 37.4 Å². The van der Waals surface area contributed by atoms with Gasteiger partial charge in [-0.2, -0.15) is 5.10 Å². The van der Waals surface area contributed by atoms with Crippen LogP contribution < -0.4 is 0 Å². The quantitative estimate of drug-likeness (QED) is 0.693. The summed E-state index contributed by atoms with van der Waals surface area (Å²) in [6.45, 7) is 1.76. The average Bonchev–Trinajstić information content (AvgIpc) is 3.03. The van der Waals surface area contributed by atoms with Crippen LogP contribution in [0.25, 0.3) is 17.2 Å². The Kier molecular flexibility index (Phi) is 3.08. The van der Waals surface area contributed by atoms with Gasteiger partial charge in [-0.25, -0.2) is 9.67 Å². The van der Waals surface area contributed by atoms with Crippen molar-refractivity contribution < 1.29 is 9.32 Å². The minimum Gasteiger partial charge on any atom is -0.361 e. The first-order valence-electron chi connectivity index (χ1n) is 5.79. The molecule has 0 fully saturated rings. The Morgan fingerprint density at radius 3 is 2.85 bits per heavy atom. The number of carbonyl (C=O) groups is 1. The predicted molar refractivity (Wildman–Crippen MR) is 72.0 cm³/mol. The zero-order valence-corrected chi connectivity index (χ0v) is 11.2. The first-order valence-corrected chi connectivity index (χ1v) is 6.17. The van der Waals surface area contributed by atoms with Gasteiger partial charge in [0.25, 0.3) is 0 Å². The van der Waals surface area contributed by atoms with Crippen LogP contribution in [0.4, 0.5) is 0 Å². The third-order valence-electron chi connectivity index (χ3n) is 2.72. The Hall–Kier alpha value is -2.47. The molecule has 7 heteroatoms. The summed E-state index contributed by atoms with van der Waals surface area (Å²) in [4.78, 5) is 15.4. The van der Waals surface area contributed by atoms with Gasteiger partial charge in [0.1, 0.15) is 22.3 Å². The van der Waals surface area contributed by atoms with Crippen molar-refractivity contribution in [2.45, 2.75) is 6.92 Å². The molecule has 0 spiro atoms. The smallest absolute Gasteiger partial charge is 0.155 e. The van der Waals surface area contributed by atoms with E-state index in [0.29, 0.717) is 29.3 Å². The van der Waals surface area contributed by atoms with Crippen molar-refractivity contribution in [3.05, 3.63) is 46.9 Å². The molecule has 3 heterocycles. The van der Waals surface area contributed by atoms with Crippen LogP contribution in [0.5, 0.6) is 0 Å². The molecule has 0 aliphatic carbocycles. The highest BCUT2D eigenvalue weighted by Gasteiger charge is 2.21. The lowest BCUT2D eigenvalue weighted by Crippen LogP contribution is -1.99. The fraction of sp³-hybridized carbons (Fsp3) is 0.0769. The van der Waals surface area contributed by atoms with Gasteiger partial charge in [0.05, 0.1) is 5.56 Å². The van der Waals surface area contributed by atoms with E-state index in [2.05, 4.69) is 15.2 Å². The molecule has 0 aliphatic rings. The van der Waals surface area contributed by atoms with Gasteiger partial charge in [-0.15, -0.1) is 0 Å². The Bertz CT molecular complexity index is 764. The number of nitrogens with zero attached hydrogens (tertiary/aromatic N) is 4. The molecule has 0 aliphatic heterocycles. The van der Waals surface area contributed by atoms with E-state index in [1.807, 2.05) is 0 Å². The number of aryl methyl sites for hydroxylation is 1.